The fourth-order valence-electron chi connectivity index (χ4n) is 2.27. The zero-order chi connectivity index (χ0) is 18.4. The van der Waals surface area contributed by atoms with Gasteiger partial charge in [0.15, 0.2) is 0 Å². The van der Waals surface area contributed by atoms with Crippen LogP contribution in [-0.4, -0.2) is 28.0 Å². The molecule has 2 rings (SSSR count). The van der Waals surface area contributed by atoms with Gasteiger partial charge in [0.2, 0.25) is 0 Å². The Labute approximate surface area is 155 Å². The van der Waals surface area contributed by atoms with E-state index < -0.39 is 12.0 Å². The molecule has 1 aromatic heterocycles. The van der Waals surface area contributed by atoms with E-state index in [2.05, 4.69) is 10.3 Å². The molecule has 1 aromatic carbocycles. The van der Waals surface area contributed by atoms with Crippen LogP contribution in [0.2, 0.25) is 0 Å². The Hall–Kier alpha value is -1.86. The second-order valence-corrected chi connectivity index (χ2v) is 8.28. The molecule has 0 radical (unpaired) electrons. The summed E-state index contributed by atoms with van der Waals surface area (Å²) in [5.74, 6) is -0.396. The number of aryl methyl sites for hydroxylation is 1. The van der Waals surface area contributed by atoms with Crippen molar-refractivity contribution < 1.29 is 14.7 Å². The van der Waals surface area contributed by atoms with E-state index in [1.807, 2.05) is 38.3 Å². The Balaban J connectivity index is 1.93. The van der Waals surface area contributed by atoms with Gasteiger partial charge in [0, 0.05) is 21.6 Å². The fourth-order valence-corrected chi connectivity index (χ4v) is 3.78. The molecule has 134 valence electrons. The summed E-state index contributed by atoms with van der Waals surface area (Å²) in [5, 5.41) is 14.9. The van der Waals surface area contributed by atoms with Crippen LogP contribution in [-0.2, 0) is 10.5 Å². The lowest BCUT2D eigenvalue weighted by molar-refractivity contribution is -0.139. The van der Waals surface area contributed by atoms with Gasteiger partial charge in [0.1, 0.15) is 6.04 Å². The van der Waals surface area contributed by atoms with Crippen molar-refractivity contribution in [1.82, 2.24) is 10.3 Å². The normalized spacial score (nSPS) is 12.2. The van der Waals surface area contributed by atoms with Crippen LogP contribution in [0.15, 0.2) is 34.5 Å². The average Bonchev–Trinajstić information content (AvgIpc) is 2.97. The molecule has 2 aromatic rings. The molecule has 25 heavy (non-hydrogen) atoms. The summed E-state index contributed by atoms with van der Waals surface area (Å²) in [5.41, 5.74) is 1.51. The van der Waals surface area contributed by atoms with Crippen LogP contribution in [0.25, 0.3) is 0 Å². The van der Waals surface area contributed by atoms with Crippen LogP contribution in [0.3, 0.4) is 0 Å². The Morgan fingerprint density at radius 1 is 1.28 bits per heavy atom. The number of hydrogen-bond donors (Lipinski definition) is 2. The molecule has 0 bridgehead atoms. The van der Waals surface area contributed by atoms with Crippen LogP contribution in [0.1, 0.15) is 41.3 Å². The fraction of sp³-hybridized carbons (Fsp3) is 0.389. The van der Waals surface area contributed by atoms with Crippen LogP contribution in [0.4, 0.5) is 0 Å². The van der Waals surface area contributed by atoms with E-state index in [1.165, 1.54) is 0 Å². The summed E-state index contributed by atoms with van der Waals surface area (Å²) in [6.45, 7) is 5.84. The zero-order valence-electron chi connectivity index (χ0n) is 14.5. The van der Waals surface area contributed by atoms with Crippen LogP contribution < -0.4 is 5.32 Å². The molecule has 1 amide bonds. The standard InChI is InChI=1S/C18H22N2O3S2/c1-11(2)8-16(18(22)23)20-17(21)13-4-6-15(7-5-13)25-10-14-9-24-12(3)19-14/h4-7,9,11,16H,8,10H2,1-3H3,(H,20,21)(H,22,23)/t16-/m0/s1. The van der Waals surface area contributed by atoms with Crippen molar-refractivity contribution in [2.45, 2.75) is 43.9 Å². The molecule has 0 aliphatic heterocycles. The SMILES string of the molecule is Cc1nc(CSc2ccc(C(=O)N[C@@H](CC(C)C)C(=O)O)cc2)cs1. The highest BCUT2D eigenvalue weighted by atomic mass is 32.2. The topological polar surface area (TPSA) is 79.3 Å². The lowest BCUT2D eigenvalue weighted by Gasteiger charge is -2.16. The Morgan fingerprint density at radius 3 is 2.48 bits per heavy atom. The molecular weight excluding hydrogens is 356 g/mol. The first kappa shape index (κ1) is 19.5. The van der Waals surface area contributed by atoms with Crippen molar-refractivity contribution in [3.05, 3.63) is 45.9 Å². The minimum absolute atomic E-state index is 0.189. The summed E-state index contributed by atoms with van der Waals surface area (Å²) in [6.07, 6.45) is 0.405. The Bertz CT molecular complexity index is 726. The third kappa shape index (κ3) is 6.17. The maximum absolute atomic E-state index is 12.2. The number of rotatable bonds is 8. The summed E-state index contributed by atoms with van der Waals surface area (Å²) < 4.78 is 0. The van der Waals surface area contributed by atoms with Gasteiger partial charge in [-0.3, -0.25) is 4.79 Å². The molecule has 0 aliphatic carbocycles. The number of amides is 1. The van der Waals surface area contributed by atoms with Crippen molar-refractivity contribution in [3.8, 4) is 0 Å². The second kappa shape index (κ2) is 9.01. The van der Waals surface area contributed by atoms with E-state index in [0.29, 0.717) is 12.0 Å². The van der Waals surface area contributed by atoms with Crippen molar-refractivity contribution in [1.29, 1.82) is 0 Å². The number of nitrogens with zero attached hydrogens (tertiary/aromatic N) is 1. The molecule has 2 N–H and O–H groups in total. The van der Waals surface area contributed by atoms with Gasteiger partial charge in [0.05, 0.1) is 10.7 Å². The van der Waals surface area contributed by atoms with E-state index in [0.717, 1.165) is 21.3 Å². The van der Waals surface area contributed by atoms with E-state index in [9.17, 15) is 14.7 Å². The number of carbonyl (C=O) groups is 2. The lowest BCUT2D eigenvalue weighted by Crippen LogP contribution is -2.41. The first-order valence-corrected chi connectivity index (χ1v) is 9.89. The maximum atomic E-state index is 12.2. The maximum Gasteiger partial charge on any atom is 0.326 e. The highest BCUT2D eigenvalue weighted by Crippen LogP contribution is 2.24. The first-order chi connectivity index (χ1) is 11.8. The van der Waals surface area contributed by atoms with Gasteiger partial charge in [-0.2, -0.15) is 0 Å². The quantitative estimate of drug-likeness (QED) is 0.680. The Kier molecular flexibility index (Phi) is 7.01. The largest absolute Gasteiger partial charge is 0.480 e. The smallest absolute Gasteiger partial charge is 0.326 e. The number of benzene rings is 1. The molecule has 0 unspecified atom stereocenters. The van der Waals surface area contributed by atoms with Crippen LogP contribution in [0.5, 0.6) is 0 Å². The highest BCUT2D eigenvalue weighted by Gasteiger charge is 2.21. The van der Waals surface area contributed by atoms with Gasteiger partial charge in [-0.15, -0.1) is 23.1 Å². The highest BCUT2D eigenvalue weighted by molar-refractivity contribution is 7.98. The predicted molar refractivity (Wildman–Crippen MR) is 101 cm³/mol. The number of hydrogen-bond acceptors (Lipinski definition) is 5. The minimum Gasteiger partial charge on any atom is -0.480 e. The van der Waals surface area contributed by atoms with Crippen molar-refractivity contribution in [2.24, 2.45) is 5.92 Å². The summed E-state index contributed by atoms with van der Waals surface area (Å²) in [4.78, 5) is 29.0. The third-order valence-electron chi connectivity index (χ3n) is 3.48. The lowest BCUT2D eigenvalue weighted by atomic mass is 10.0. The van der Waals surface area contributed by atoms with Gasteiger partial charge >= 0.3 is 5.97 Å². The summed E-state index contributed by atoms with van der Waals surface area (Å²) in [6, 6.07) is 6.32. The minimum atomic E-state index is -1.01. The van der Waals surface area contributed by atoms with Gasteiger partial charge in [-0.05, 0) is 43.5 Å². The van der Waals surface area contributed by atoms with Crippen molar-refractivity contribution in [3.63, 3.8) is 0 Å². The Morgan fingerprint density at radius 2 is 1.96 bits per heavy atom. The van der Waals surface area contributed by atoms with E-state index >= 15 is 0 Å². The van der Waals surface area contributed by atoms with Gasteiger partial charge in [0.25, 0.3) is 5.91 Å². The van der Waals surface area contributed by atoms with E-state index in [1.54, 1.807) is 35.2 Å². The number of thioether (sulfide) groups is 1. The summed E-state index contributed by atoms with van der Waals surface area (Å²) in [7, 11) is 0. The number of aliphatic carboxylic acids is 1. The predicted octanol–water partition coefficient (Wildman–Crippen LogP) is 3.97. The molecule has 0 fully saturated rings. The zero-order valence-corrected chi connectivity index (χ0v) is 16.1. The van der Waals surface area contributed by atoms with Gasteiger partial charge < -0.3 is 10.4 Å². The molecule has 1 atom stereocenters. The molecule has 1 heterocycles. The number of thiazole rings is 1. The molecule has 0 aliphatic rings. The first-order valence-electron chi connectivity index (χ1n) is 8.02. The molecule has 5 nitrogen and oxygen atoms in total. The van der Waals surface area contributed by atoms with Crippen LogP contribution >= 0.6 is 23.1 Å². The molecule has 0 spiro atoms. The molecule has 0 saturated heterocycles. The van der Waals surface area contributed by atoms with Gasteiger partial charge in [-0.1, -0.05) is 13.8 Å². The monoisotopic (exact) mass is 378 g/mol. The van der Waals surface area contributed by atoms with Crippen LogP contribution in [0, 0.1) is 12.8 Å². The van der Waals surface area contributed by atoms with Crippen molar-refractivity contribution in [2.75, 3.05) is 0 Å². The average molecular weight is 379 g/mol. The number of aromatic nitrogens is 1. The number of nitrogens with one attached hydrogen (secondary N) is 1. The number of carboxylic acids is 1. The molecule has 7 heteroatoms. The van der Waals surface area contributed by atoms with E-state index in [-0.39, 0.29) is 11.8 Å². The van der Waals surface area contributed by atoms with Crippen molar-refractivity contribution >= 4 is 35.0 Å². The second-order valence-electron chi connectivity index (χ2n) is 6.16. The van der Waals surface area contributed by atoms with Gasteiger partial charge in [-0.25, -0.2) is 9.78 Å². The number of carboxylic acid groups (broad SMARTS) is 1. The number of carbonyl (C=O) groups excluding carboxylic acids is 1. The molecular formula is C18H22N2O3S2. The van der Waals surface area contributed by atoms with E-state index in [4.69, 9.17) is 0 Å². The summed E-state index contributed by atoms with van der Waals surface area (Å²) >= 11 is 3.29. The molecule has 0 saturated carbocycles. The third-order valence-corrected chi connectivity index (χ3v) is 5.35.